The SMILES string of the molecule is C/C=C(\N=C(/C)C#Cc1cccc(Cl)c1)[N+](O)(O)Nc1ccc(C(=O)O)cc1OC. The van der Waals surface area contributed by atoms with Gasteiger partial charge >= 0.3 is 11.8 Å². The van der Waals surface area contributed by atoms with Gasteiger partial charge in [0.05, 0.1) is 23.3 Å². The van der Waals surface area contributed by atoms with Gasteiger partial charge in [0.15, 0.2) is 0 Å². The maximum atomic E-state index is 11.1. The molecule has 0 radical (unpaired) electrons. The molecule has 2 aromatic carbocycles. The second kappa shape index (κ2) is 9.91. The summed E-state index contributed by atoms with van der Waals surface area (Å²) in [6.07, 6.45) is 1.38. The first-order valence-corrected chi connectivity index (χ1v) is 9.08. The lowest BCUT2D eigenvalue weighted by molar-refractivity contribution is -1.20. The van der Waals surface area contributed by atoms with Crippen molar-refractivity contribution in [1.29, 1.82) is 0 Å². The molecule has 0 heterocycles. The van der Waals surface area contributed by atoms with E-state index in [0.29, 0.717) is 16.3 Å². The average Bonchev–Trinajstić information content (AvgIpc) is 2.70. The molecule has 156 valence electrons. The summed E-state index contributed by atoms with van der Waals surface area (Å²) in [5.74, 6) is 4.51. The number of hydroxylamine groups is 2. The Kier molecular flexibility index (Phi) is 7.58. The van der Waals surface area contributed by atoms with E-state index in [-0.39, 0.29) is 22.8 Å². The number of rotatable bonds is 6. The van der Waals surface area contributed by atoms with Crippen LogP contribution in [0.15, 0.2) is 59.4 Å². The Balaban J connectivity index is 2.27. The fourth-order valence-electron chi connectivity index (χ4n) is 2.38. The van der Waals surface area contributed by atoms with Gasteiger partial charge in [-0.1, -0.05) is 23.6 Å². The Hall–Kier alpha value is -3.35. The van der Waals surface area contributed by atoms with Crippen LogP contribution in [0.3, 0.4) is 0 Å². The van der Waals surface area contributed by atoms with Crippen LogP contribution >= 0.6 is 11.6 Å². The van der Waals surface area contributed by atoms with Crippen molar-refractivity contribution in [2.75, 3.05) is 12.5 Å². The summed E-state index contributed by atoms with van der Waals surface area (Å²) in [4.78, 5) is 13.4. The average molecular weight is 431 g/mol. The lowest BCUT2D eigenvalue weighted by Crippen LogP contribution is -2.45. The van der Waals surface area contributed by atoms with Crippen molar-refractivity contribution < 1.29 is 30.0 Å². The predicted octanol–water partition coefficient (Wildman–Crippen LogP) is 4.34. The first-order valence-electron chi connectivity index (χ1n) is 8.70. The molecule has 0 spiro atoms. The number of ether oxygens (including phenoxy) is 1. The molecule has 2 aromatic rings. The number of methoxy groups -OCH3 is 1. The number of hydrogen-bond donors (Lipinski definition) is 4. The molecule has 0 saturated heterocycles. The number of hydrogen-bond acceptors (Lipinski definition) is 6. The summed E-state index contributed by atoms with van der Waals surface area (Å²) in [5.41, 5.74) is 3.58. The summed E-state index contributed by atoms with van der Waals surface area (Å²) >= 11 is 5.93. The van der Waals surface area contributed by atoms with E-state index < -0.39 is 10.9 Å². The van der Waals surface area contributed by atoms with E-state index in [1.54, 1.807) is 38.1 Å². The van der Waals surface area contributed by atoms with Crippen LogP contribution in [0.4, 0.5) is 5.69 Å². The molecule has 0 aliphatic rings. The smallest absolute Gasteiger partial charge is 0.335 e. The molecule has 0 bridgehead atoms. The molecule has 2 rings (SSSR count). The van der Waals surface area contributed by atoms with E-state index >= 15 is 0 Å². The molecule has 4 N–H and O–H groups in total. The number of aromatic carboxylic acids is 1. The standard InChI is InChI=1S/C21H20ClN3O5/c1-4-20(23-14(2)8-9-15-6-5-7-17(22)12-15)25(28,29)24-18-11-10-16(21(26)27)13-19(18)30-3/h4-7,10-13,24,28-29H,1-3H3/p+1/b20-4+,23-14+. The number of carboxylic acids is 1. The van der Waals surface area contributed by atoms with E-state index in [1.807, 2.05) is 0 Å². The number of quaternary nitrogens is 1. The zero-order chi connectivity index (χ0) is 22.3. The molecule has 0 fully saturated rings. The Morgan fingerprint density at radius 2 is 2.00 bits per heavy atom. The molecular formula is C21H21ClN3O5+. The van der Waals surface area contributed by atoms with E-state index in [0.717, 1.165) is 0 Å². The first-order chi connectivity index (χ1) is 14.2. The zero-order valence-electron chi connectivity index (χ0n) is 16.5. The number of carboxylic acid groups (broad SMARTS) is 1. The van der Waals surface area contributed by atoms with E-state index in [2.05, 4.69) is 22.3 Å². The molecule has 8 nitrogen and oxygen atoms in total. The minimum Gasteiger partial charge on any atom is -0.494 e. The molecular weight excluding hydrogens is 410 g/mol. The molecule has 30 heavy (non-hydrogen) atoms. The third-order valence-corrected chi connectivity index (χ3v) is 4.03. The van der Waals surface area contributed by atoms with Crippen molar-refractivity contribution in [3.8, 4) is 17.6 Å². The Bertz CT molecular complexity index is 1070. The first kappa shape index (κ1) is 22.9. The minimum absolute atomic E-state index is 0.0113. The van der Waals surface area contributed by atoms with Gasteiger partial charge in [0.2, 0.25) is 0 Å². The second-order valence-corrected chi connectivity index (χ2v) is 6.47. The highest BCUT2D eigenvalue weighted by molar-refractivity contribution is 6.30. The Morgan fingerprint density at radius 3 is 2.60 bits per heavy atom. The van der Waals surface area contributed by atoms with Gasteiger partial charge in [0, 0.05) is 16.7 Å². The summed E-state index contributed by atoms with van der Waals surface area (Å²) in [7, 11) is 1.33. The van der Waals surface area contributed by atoms with Crippen molar-refractivity contribution in [3.63, 3.8) is 0 Å². The number of carbonyl (C=O) groups is 1. The Morgan fingerprint density at radius 1 is 1.27 bits per heavy atom. The van der Waals surface area contributed by atoms with Crippen LogP contribution in [0.5, 0.6) is 5.75 Å². The lowest BCUT2D eigenvalue weighted by atomic mass is 10.2. The quantitative estimate of drug-likeness (QED) is 0.235. The number of aliphatic imine (C=N–C) groups is 1. The van der Waals surface area contributed by atoms with Crippen LogP contribution in [0.2, 0.25) is 5.02 Å². The maximum Gasteiger partial charge on any atom is 0.335 e. The number of benzene rings is 2. The molecule has 9 heteroatoms. The topological polar surface area (TPSA) is 111 Å². The summed E-state index contributed by atoms with van der Waals surface area (Å²) < 4.78 is 5.13. The van der Waals surface area contributed by atoms with Gasteiger partial charge in [-0.05, 0) is 56.2 Å². The maximum absolute atomic E-state index is 11.1. The molecule has 0 unspecified atom stereocenters. The van der Waals surface area contributed by atoms with Crippen LogP contribution in [-0.4, -0.2) is 39.2 Å². The van der Waals surface area contributed by atoms with Crippen LogP contribution in [0, 0.1) is 11.8 Å². The molecule has 0 saturated carbocycles. The van der Waals surface area contributed by atoms with Gasteiger partial charge in [0.1, 0.15) is 11.4 Å². The number of halogens is 1. The van der Waals surface area contributed by atoms with Gasteiger partial charge < -0.3 is 9.84 Å². The number of allylic oxidation sites excluding steroid dienone is 1. The van der Waals surface area contributed by atoms with Gasteiger partial charge in [-0.3, -0.25) is 0 Å². The van der Waals surface area contributed by atoms with Crippen LogP contribution in [-0.2, 0) is 0 Å². The van der Waals surface area contributed by atoms with Crippen LogP contribution in [0.25, 0.3) is 0 Å². The normalized spacial score (nSPS) is 12.1. The van der Waals surface area contributed by atoms with E-state index in [9.17, 15) is 15.2 Å². The third-order valence-electron chi connectivity index (χ3n) is 3.80. The molecule has 0 aliphatic heterocycles. The number of anilines is 1. The summed E-state index contributed by atoms with van der Waals surface area (Å²) in [5, 5.41) is 30.6. The van der Waals surface area contributed by atoms with Gasteiger partial charge in [-0.25, -0.2) is 4.79 Å². The molecule has 0 aromatic heterocycles. The van der Waals surface area contributed by atoms with Crippen molar-refractivity contribution in [1.82, 2.24) is 0 Å². The van der Waals surface area contributed by atoms with Crippen molar-refractivity contribution in [2.45, 2.75) is 13.8 Å². The van der Waals surface area contributed by atoms with Crippen molar-refractivity contribution in [2.24, 2.45) is 4.99 Å². The molecule has 0 atom stereocenters. The third kappa shape index (κ3) is 6.07. The van der Waals surface area contributed by atoms with Crippen molar-refractivity contribution >= 4 is 29.0 Å². The highest BCUT2D eigenvalue weighted by Gasteiger charge is 2.32. The zero-order valence-corrected chi connectivity index (χ0v) is 17.3. The van der Waals surface area contributed by atoms with Gasteiger partial charge in [-0.15, -0.1) is 10.4 Å². The largest absolute Gasteiger partial charge is 0.494 e. The Labute approximate surface area is 178 Å². The van der Waals surface area contributed by atoms with Gasteiger partial charge in [0.25, 0.3) is 0 Å². The van der Waals surface area contributed by atoms with Crippen LogP contribution < -0.4 is 10.2 Å². The summed E-state index contributed by atoms with van der Waals surface area (Å²) in [6.45, 7) is 3.19. The number of nitrogens with zero attached hydrogens (tertiary/aromatic N) is 2. The van der Waals surface area contributed by atoms with Gasteiger partial charge in [-0.2, -0.15) is 10.4 Å². The highest BCUT2D eigenvalue weighted by Crippen LogP contribution is 2.28. The second-order valence-electron chi connectivity index (χ2n) is 6.04. The highest BCUT2D eigenvalue weighted by atomic mass is 35.5. The van der Waals surface area contributed by atoms with E-state index in [1.165, 1.54) is 31.4 Å². The predicted molar refractivity (Wildman–Crippen MR) is 113 cm³/mol. The van der Waals surface area contributed by atoms with Crippen molar-refractivity contribution in [3.05, 3.63) is 70.5 Å². The van der Waals surface area contributed by atoms with E-state index in [4.69, 9.17) is 21.4 Å². The van der Waals surface area contributed by atoms with Crippen LogP contribution in [0.1, 0.15) is 29.8 Å². The molecule has 0 aliphatic carbocycles. The molecule has 0 amide bonds. The monoisotopic (exact) mass is 430 g/mol. The summed E-state index contributed by atoms with van der Waals surface area (Å²) in [6, 6.07) is 10.9. The number of nitrogens with one attached hydrogen (secondary N) is 1. The fraction of sp³-hybridized carbons (Fsp3) is 0.143. The fourth-order valence-corrected chi connectivity index (χ4v) is 2.58. The minimum atomic E-state index is -1.81. The lowest BCUT2D eigenvalue weighted by Gasteiger charge is -2.22.